The van der Waals surface area contributed by atoms with E-state index in [9.17, 15) is 0 Å². The van der Waals surface area contributed by atoms with Crippen LogP contribution >= 0.6 is 0 Å². The second-order valence-electron chi connectivity index (χ2n) is 18.7. The highest BCUT2D eigenvalue weighted by atomic mass is 16.3. The molecule has 3 heteroatoms. The minimum absolute atomic E-state index is 0.550. The van der Waals surface area contributed by atoms with Crippen molar-refractivity contribution in [1.82, 2.24) is 4.57 Å². The van der Waals surface area contributed by atoms with Crippen molar-refractivity contribution in [2.75, 3.05) is 4.90 Å². The summed E-state index contributed by atoms with van der Waals surface area (Å²) in [6.07, 6.45) is 35.0. The maximum Gasteiger partial charge on any atom is 0.144 e. The number of nitrogens with zero attached hydrogens (tertiary/aromatic N) is 2. The van der Waals surface area contributed by atoms with Crippen molar-refractivity contribution in [2.45, 2.75) is 33.1 Å². The van der Waals surface area contributed by atoms with E-state index in [0.717, 1.165) is 85.3 Å². The Kier molecular flexibility index (Phi) is 12.5. The average Bonchev–Trinajstić information content (AvgIpc) is 4.00. The number of hydrogen-bond donors (Lipinski definition) is 0. The van der Waals surface area contributed by atoms with Crippen LogP contribution in [0.3, 0.4) is 0 Å². The topological polar surface area (TPSA) is 21.3 Å². The normalized spacial score (nSPS) is 18.2. The lowest BCUT2D eigenvalue weighted by Crippen LogP contribution is -2.21. The van der Waals surface area contributed by atoms with Gasteiger partial charge in [0.25, 0.3) is 0 Å². The van der Waals surface area contributed by atoms with Crippen LogP contribution < -0.4 is 4.90 Å². The molecule has 0 saturated carbocycles. The molecule has 0 unspecified atom stereocenters. The van der Waals surface area contributed by atoms with Crippen LogP contribution in [-0.4, -0.2) is 4.57 Å². The third-order valence-electron chi connectivity index (χ3n) is 14.5. The highest BCUT2D eigenvalue weighted by molar-refractivity contribution is 6.21. The summed E-state index contributed by atoms with van der Waals surface area (Å²) in [5.41, 5.74) is 16.5. The lowest BCUT2D eigenvalue weighted by atomic mass is 9.97. The highest BCUT2D eigenvalue weighted by Gasteiger charge is 2.25. The number of fused-ring (bicyclic) bond motifs is 9. The molecule has 3 heterocycles. The molecular formula is C71H56N2O. The van der Waals surface area contributed by atoms with E-state index >= 15 is 0 Å². The summed E-state index contributed by atoms with van der Waals surface area (Å²) in [5, 5.41) is 8.30. The first-order valence-electron chi connectivity index (χ1n) is 26.0. The summed E-state index contributed by atoms with van der Waals surface area (Å²) < 4.78 is 9.79. The minimum Gasteiger partial charge on any atom is -0.459 e. The third kappa shape index (κ3) is 8.42. The first kappa shape index (κ1) is 45.9. The zero-order chi connectivity index (χ0) is 50.0. The van der Waals surface area contributed by atoms with Crippen molar-refractivity contribution in [3.63, 3.8) is 0 Å². The van der Waals surface area contributed by atoms with Crippen LogP contribution in [0.15, 0.2) is 277 Å². The minimum atomic E-state index is 0.550. The molecule has 10 aromatic rings. The van der Waals surface area contributed by atoms with Gasteiger partial charge in [0.15, 0.2) is 0 Å². The monoisotopic (exact) mass is 952 g/mol. The molecule has 3 nitrogen and oxygen atoms in total. The van der Waals surface area contributed by atoms with Gasteiger partial charge in [-0.15, -0.1) is 0 Å². The number of aromatic nitrogens is 1. The van der Waals surface area contributed by atoms with Crippen LogP contribution in [0.2, 0.25) is 0 Å². The fourth-order valence-corrected chi connectivity index (χ4v) is 11.0. The smallest absolute Gasteiger partial charge is 0.144 e. The molecule has 74 heavy (non-hydrogen) atoms. The summed E-state index contributed by atoms with van der Waals surface area (Å²) in [7, 11) is 0. The third-order valence-corrected chi connectivity index (χ3v) is 14.5. The Labute approximate surface area is 433 Å². The van der Waals surface area contributed by atoms with Gasteiger partial charge in [0.05, 0.1) is 16.4 Å². The van der Waals surface area contributed by atoms with Crippen LogP contribution in [0.5, 0.6) is 0 Å². The van der Waals surface area contributed by atoms with Gasteiger partial charge in [0, 0.05) is 45.5 Å². The van der Waals surface area contributed by atoms with Gasteiger partial charge in [-0.3, -0.25) is 0 Å². The van der Waals surface area contributed by atoms with Gasteiger partial charge in [0.1, 0.15) is 11.3 Å². The Morgan fingerprint density at radius 1 is 0.473 bits per heavy atom. The standard InChI is InChI=1S/C69H50N2O.C2H6/c1-47-31-41-61-62-42-44-66-68(63-45-53(48-19-10-8-11-20-48)36-43-65(63)71(66)56-39-34-52(35-40-56)60-29-18-25-50-22-14-16-27-58(50)60)69(62)72-67(61)46-54-23-9-6-4-2-3-5-7-12-30-64(54)70(47)55-37-32-51(33-38-55)59-28-17-24-49-21-13-15-26-57(49)59;1-2/h2-7,9-10,12-45H,1,8,11,46H2;1-2H3/b3-2-,4-2?,5-3?,6-4+,7-5-,9-6?,12-7?,23-9+,30-12-,41-31-,54-23?,64-30?,64-54-;. The Balaban J connectivity index is 0.00000275. The maximum absolute atomic E-state index is 7.38. The van der Waals surface area contributed by atoms with Gasteiger partial charge >= 0.3 is 0 Å². The second-order valence-corrected chi connectivity index (χ2v) is 18.7. The Bertz CT molecular complexity index is 4100. The van der Waals surface area contributed by atoms with Crippen molar-refractivity contribution in [3.05, 3.63) is 289 Å². The molecule has 3 aliphatic rings. The SMILES string of the molecule is C=C1/C=C\c2c(oc3c2ccc2c3c3cc(C4=CCCC=C4)ccc3n2-c2ccc(-c3cccc4ccccc34)cc2)CC2=C(/C=C\C=C/C=C\C=C\C=C\2)N1c1ccc(-c2cccc3ccccc23)cc1.CC. The number of rotatable bonds is 5. The van der Waals surface area contributed by atoms with E-state index in [1.54, 1.807) is 0 Å². The number of hydrogen-bond acceptors (Lipinski definition) is 2. The van der Waals surface area contributed by atoms with E-state index in [1.165, 1.54) is 54.9 Å². The number of allylic oxidation sites excluding steroid dienone is 16. The van der Waals surface area contributed by atoms with E-state index in [-0.39, 0.29) is 0 Å². The summed E-state index contributed by atoms with van der Waals surface area (Å²) in [6.45, 7) is 8.78. The summed E-state index contributed by atoms with van der Waals surface area (Å²) >= 11 is 0. The van der Waals surface area contributed by atoms with Crippen LogP contribution in [0, 0.1) is 0 Å². The van der Waals surface area contributed by atoms with E-state index in [4.69, 9.17) is 11.0 Å². The number of furan rings is 1. The molecule has 0 fully saturated rings. The zero-order valence-electron chi connectivity index (χ0n) is 41.9. The molecule has 8 aromatic carbocycles. The number of benzene rings is 8. The van der Waals surface area contributed by atoms with Crippen LogP contribution in [-0.2, 0) is 6.42 Å². The van der Waals surface area contributed by atoms with E-state index in [2.05, 4.69) is 258 Å². The molecule has 13 rings (SSSR count). The molecule has 2 aromatic heterocycles. The molecule has 0 spiro atoms. The van der Waals surface area contributed by atoms with Crippen LogP contribution in [0.4, 0.5) is 5.69 Å². The fourth-order valence-electron chi connectivity index (χ4n) is 11.0. The Morgan fingerprint density at radius 3 is 1.73 bits per heavy atom. The molecular weight excluding hydrogens is 897 g/mol. The molecule has 0 saturated heterocycles. The van der Waals surface area contributed by atoms with Gasteiger partial charge < -0.3 is 13.9 Å². The summed E-state index contributed by atoms with van der Waals surface area (Å²) in [5.74, 6) is 0.904. The van der Waals surface area contributed by atoms with Gasteiger partial charge in [-0.25, -0.2) is 0 Å². The first-order chi connectivity index (χ1) is 36.6. The van der Waals surface area contributed by atoms with E-state index in [1.807, 2.05) is 19.9 Å². The van der Waals surface area contributed by atoms with Crippen LogP contribution in [0.1, 0.15) is 43.6 Å². The van der Waals surface area contributed by atoms with Gasteiger partial charge in [-0.1, -0.05) is 209 Å². The highest BCUT2D eigenvalue weighted by Crippen LogP contribution is 2.44. The maximum atomic E-state index is 7.38. The van der Waals surface area contributed by atoms with Crippen molar-refractivity contribution < 1.29 is 4.42 Å². The second kappa shape index (κ2) is 20.1. The summed E-state index contributed by atoms with van der Waals surface area (Å²) in [4.78, 5) is 2.28. The lowest BCUT2D eigenvalue weighted by molar-refractivity contribution is 0.564. The molecule has 2 aliphatic carbocycles. The largest absolute Gasteiger partial charge is 0.459 e. The average molecular weight is 953 g/mol. The predicted molar refractivity (Wildman–Crippen MR) is 318 cm³/mol. The zero-order valence-corrected chi connectivity index (χ0v) is 41.9. The lowest BCUT2D eigenvalue weighted by Gasteiger charge is -2.28. The Hall–Kier alpha value is -9.18. The van der Waals surface area contributed by atoms with E-state index < -0.39 is 0 Å². The Morgan fingerprint density at radius 2 is 1.07 bits per heavy atom. The molecule has 0 radical (unpaired) electrons. The fraction of sp³-hybridized carbons (Fsp3) is 0.0704. The van der Waals surface area contributed by atoms with Crippen molar-refractivity contribution >= 4 is 71.7 Å². The predicted octanol–water partition coefficient (Wildman–Crippen LogP) is 19.6. The van der Waals surface area contributed by atoms with Gasteiger partial charge in [-0.2, -0.15) is 0 Å². The summed E-state index contributed by atoms with van der Waals surface area (Å²) in [6, 6.07) is 59.7. The van der Waals surface area contributed by atoms with Crippen molar-refractivity contribution in [3.8, 4) is 27.9 Å². The molecule has 0 bridgehead atoms. The molecule has 0 amide bonds. The first-order valence-corrected chi connectivity index (χ1v) is 26.0. The van der Waals surface area contributed by atoms with Crippen molar-refractivity contribution in [1.29, 1.82) is 0 Å². The number of anilines is 1. The molecule has 356 valence electrons. The molecule has 1 aliphatic heterocycles. The van der Waals surface area contributed by atoms with Crippen LogP contribution in [0.25, 0.3) is 93.9 Å². The molecule has 0 atom stereocenters. The molecule has 0 N–H and O–H groups in total. The van der Waals surface area contributed by atoms with E-state index in [0.29, 0.717) is 6.42 Å². The van der Waals surface area contributed by atoms with Gasteiger partial charge in [-0.05, 0) is 140 Å². The quantitative estimate of drug-likeness (QED) is 0.171. The van der Waals surface area contributed by atoms with Crippen molar-refractivity contribution in [2.24, 2.45) is 0 Å². The van der Waals surface area contributed by atoms with Gasteiger partial charge in [0.2, 0.25) is 0 Å².